The van der Waals surface area contributed by atoms with Crippen molar-refractivity contribution in [2.24, 2.45) is 0 Å². The van der Waals surface area contributed by atoms with E-state index in [1.807, 2.05) is 6.92 Å². The van der Waals surface area contributed by atoms with Gasteiger partial charge < -0.3 is 20.9 Å². The fourth-order valence-electron chi connectivity index (χ4n) is 1.48. The maximum absolute atomic E-state index is 11.8. The van der Waals surface area contributed by atoms with Crippen molar-refractivity contribution in [2.45, 2.75) is 26.7 Å². The highest BCUT2D eigenvalue weighted by molar-refractivity contribution is 5.95. The Morgan fingerprint density at radius 3 is 2.29 bits per heavy atom. The Morgan fingerprint density at radius 1 is 1.24 bits per heavy atom. The second-order valence-electron chi connectivity index (χ2n) is 4.64. The van der Waals surface area contributed by atoms with E-state index >= 15 is 0 Å². The van der Waals surface area contributed by atoms with Gasteiger partial charge >= 0.3 is 11.9 Å². The summed E-state index contributed by atoms with van der Waals surface area (Å²) in [7, 11) is 0. The monoisotopic (exact) mass is 292 g/mol. The molecule has 0 saturated heterocycles. The third kappa shape index (κ3) is 4.52. The Hall–Kier alpha value is -2.50. The molecule has 0 fully saturated rings. The number of carbonyl (C=O) groups excluding carboxylic acids is 2. The van der Waals surface area contributed by atoms with Crippen LogP contribution in [0.5, 0.6) is 5.75 Å². The number of rotatable bonds is 6. The van der Waals surface area contributed by atoms with Crippen molar-refractivity contribution in [2.75, 3.05) is 18.1 Å². The molecule has 0 aliphatic rings. The molecule has 0 amide bonds. The summed E-state index contributed by atoms with van der Waals surface area (Å²) in [6.45, 7) is 7.31. The van der Waals surface area contributed by atoms with E-state index in [0.29, 0.717) is 6.61 Å². The Bertz CT molecular complexity index is 544. The molecule has 21 heavy (non-hydrogen) atoms. The number of unbranched alkanes of at least 4 members (excludes halogenated alkanes) is 1. The van der Waals surface area contributed by atoms with Gasteiger partial charge in [-0.3, -0.25) is 0 Å². The van der Waals surface area contributed by atoms with Crippen molar-refractivity contribution >= 4 is 23.3 Å². The van der Waals surface area contributed by atoms with E-state index in [0.717, 1.165) is 12.8 Å². The third-order valence-corrected chi connectivity index (χ3v) is 2.66. The number of nitrogens with two attached hydrogens (primary N) is 2. The molecule has 0 unspecified atom stereocenters. The largest absolute Gasteiger partial charge is 0.462 e. The van der Waals surface area contributed by atoms with Crippen LogP contribution < -0.4 is 16.2 Å². The molecular weight excluding hydrogens is 272 g/mol. The molecule has 0 saturated carbocycles. The minimum absolute atomic E-state index is 0.0214. The quantitative estimate of drug-likeness (QED) is 0.274. The van der Waals surface area contributed by atoms with E-state index in [4.69, 9.17) is 20.9 Å². The third-order valence-electron chi connectivity index (χ3n) is 2.66. The topological polar surface area (TPSA) is 105 Å². The Kier molecular flexibility index (Phi) is 5.78. The predicted molar refractivity (Wildman–Crippen MR) is 80.9 cm³/mol. The SMILES string of the molecule is C=C(C)C(=O)Oc1c(N)cc(C(=O)OCCCC)cc1N. The second-order valence-corrected chi connectivity index (χ2v) is 4.64. The molecule has 0 heterocycles. The Morgan fingerprint density at radius 2 is 1.81 bits per heavy atom. The molecule has 6 heteroatoms. The average Bonchev–Trinajstić information content (AvgIpc) is 2.42. The van der Waals surface area contributed by atoms with Crippen LogP contribution in [0.1, 0.15) is 37.0 Å². The smallest absolute Gasteiger partial charge is 0.338 e. The van der Waals surface area contributed by atoms with Crippen LogP contribution in [0.2, 0.25) is 0 Å². The molecule has 6 nitrogen and oxygen atoms in total. The van der Waals surface area contributed by atoms with Crippen LogP contribution in [-0.2, 0) is 9.53 Å². The summed E-state index contributed by atoms with van der Waals surface area (Å²) in [5.41, 5.74) is 12.2. The first-order valence-corrected chi connectivity index (χ1v) is 6.60. The average molecular weight is 292 g/mol. The van der Waals surface area contributed by atoms with Crippen LogP contribution in [0.15, 0.2) is 24.3 Å². The summed E-state index contributed by atoms with van der Waals surface area (Å²) in [6.07, 6.45) is 1.71. The van der Waals surface area contributed by atoms with Crippen molar-refractivity contribution in [1.29, 1.82) is 0 Å². The molecule has 1 aromatic rings. The zero-order chi connectivity index (χ0) is 16.0. The van der Waals surface area contributed by atoms with Gasteiger partial charge in [-0.1, -0.05) is 19.9 Å². The maximum atomic E-state index is 11.8. The second kappa shape index (κ2) is 7.33. The minimum Gasteiger partial charge on any atom is -0.462 e. The lowest BCUT2D eigenvalue weighted by molar-refractivity contribution is -0.130. The zero-order valence-corrected chi connectivity index (χ0v) is 12.3. The van der Waals surface area contributed by atoms with Crippen molar-refractivity contribution in [3.8, 4) is 5.75 Å². The van der Waals surface area contributed by atoms with Gasteiger partial charge in [0.05, 0.1) is 23.5 Å². The predicted octanol–water partition coefficient (Wildman–Crippen LogP) is 2.29. The number of ether oxygens (including phenoxy) is 2. The molecule has 0 radical (unpaired) electrons. The highest BCUT2D eigenvalue weighted by Crippen LogP contribution is 2.31. The van der Waals surface area contributed by atoms with Gasteiger partial charge in [0, 0.05) is 5.57 Å². The summed E-state index contributed by atoms with van der Waals surface area (Å²) in [5.74, 6) is -1.13. The maximum Gasteiger partial charge on any atom is 0.338 e. The molecule has 1 aromatic carbocycles. The molecule has 0 aliphatic carbocycles. The number of hydrogen-bond acceptors (Lipinski definition) is 6. The number of nitrogen functional groups attached to an aromatic ring is 2. The van der Waals surface area contributed by atoms with Crippen molar-refractivity contribution in [3.05, 3.63) is 29.8 Å². The van der Waals surface area contributed by atoms with E-state index in [-0.39, 0.29) is 28.3 Å². The highest BCUT2D eigenvalue weighted by atomic mass is 16.5. The van der Waals surface area contributed by atoms with E-state index in [1.165, 1.54) is 19.1 Å². The summed E-state index contributed by atoms with van der Waals surface area (Å²) >= 11 is 0. The van der Waals surface area contributed by atoms with Gasteiger partial charge in [0.15, 0.2) is 5.75 Å². The minimum atomic E-state index is -0.633. The van der Waals surface area contributed by atoms with E-state index in [1.54, 1.807) is 0 Å². The Labute approximate surface area is 123 Å². The van der Waals surface area contributed by atoms with Crippen LogP contribution in [0.3, 0.4) is 0 Å². The van der Waals surface area contributed by atoms with Gasteiger partial charge in [-0.15, -0.1) is 0 Å². The number of esters is 2. The first-order chi connectivity index (χ1) is 9.86. The lowest BCUT2D eigenvalue weighted by Gasteiger charge is -2.12. The zero-order valence-electron chi connectivity index (χ0n) is 12.3. The molecule has 0 atom stereocenters. The van der Waals surface area contributed by atoms with Crippen LogP contribution in [0.4, 0.5) is 11.4 Å². The molecule has 0 spiro atoms. The van der Waals surface area contributed by atoms with E-state index in [9.17, 15) is 9.59 Å². The molecule has 0 aromatic heterocycles. The van der Waals surface area contributed by atoms with Crippen LogP contribution in [-0.4, -0.2) is 18.5 Å². The van der Waals surface area contributed by atoms with Crippen molar-refractivity contribution in [1.82, 2.24) is 0 Å². The molecule has 114 valence electrons. The standard InChI is InChI=1S/C15H20N2O4/c1-4-5-6-20-15(19)10-7-11(16)13(12(17)8-10)21-14(18)9(2)3/h7-8H,2,4-6,16-17H2,1,3H3. The number of carbonyl (C=O) groups is 2. The summed E-state index contributed by atoms with van der Waals surface area (Å²) in [5, 5.41) is 0. The normalized spacial score (nSPS) is 10.0. The van der Waals surface area contributed by atoms with E-state index in [2.05, 4.69) is 6.58 Å². The molecular formula is C15H20N2O4. The van der Waals surface area contributed by atoms with Gasteiger partial charge in [-0.25, -0.2) is 9.59 Å². The lowest BCUT2D eigenvalue weighted by atomic mass is 10.1. The fourth-order valence-corrected chi connectivity index (χ4v) is 1.48. The van der Waals surface area contributed by atoms with Crippen molar-refractivity contribution < 1.29 is 19.1 Å². The van der Waals surface area contributed by atoms with Gasteiger partial charge in [0.2, 0.25) is 0 Å². The summed E-state index contributed by atoms with van der Waals surface area (Å²) in [6, 6.07) is 2.73. The highest BCUT2D eigenvalue weighted by Gasteiger charge is 2.16. The Balaban J connectivity index is 2.91. The molecule has 4 N–H and O–H groups in total. The molecule has 0 bridgehead atoms. The summed E-state index contributed by atoms with van der Waals surface area (Å²) in [4.78, 5) is 23.3. The lowest BCUT2D eigenvalue weighted by Crippen LogP contribution is -2.13. The van der Waals surface area contributed by atoms with Crippen molar-refractivity contribution in [3.63, 3.8) is 0 Å². The van der Waals surface area contributed by atoms with Crippen LogP contribution in [0, 0.1) is 0 Å². The molecule has 0 aliphatic heterocycles. The van der Waals surface area contributed by atoms with Crippen LogP contribution in [0.25, 0.3) is 0 Å². The van der Waals surface area contributed by atoms with Gasteiger partial charge in [-0.2, -0.15) is 0 Å². The van der Waals surface area contributed by atoms with Gasteiger partial charge in [-0.05, 0) is 25.5 Å². The fraction of sp³-hybridized carbons (Fsp3) is 0.333. The number of anilines is 2. The molecule has 1 rings (SSSR count). The van der Waals surface area contributed by atoms with Gasteiger partial charge in [0.1, 0.15) is 0 Å². The summed E-state index contributed by atoms with van der Waals surface area (Å²) < 4.78 is 10.1. The first kappa shape index (κ1) is 16.6. The number of hydrogen-bond donors (Lipinski definition) is 2. The van der Waals surface area contributed by atoms with E-state index < -0.39 is 11.9 Å². The van der Waals surface area contributed by atoms with Gasteiger partial charge in [0.25, 0.3) is 0 Å². The van der Waals surface area contributed by atoms with Crippen LogP contribution >= 0.6 is 0 Å². The number of benzene rings is 1. The first-order valence-electron chi connectivity index (χ1n) is 6.60.